The van der Waals surface area contributed by atoms with Crippen molar-refractivity contribution in [2.75, 3.05) is 43.4 Å². The number of aryl methyl sites for hydroxylation is 1. The van der Waals surface area contributed by atoms with Gasteiger partial charge >= 0.3 is 0 Å². The van der Waals surface area contributed by atoms with Crippen LogP contribution in [0.1, 0.15) is 25.8 Å². The van der Waals surface area contributed by atoms with Gasteiger partial charge in [0.15, 0.2) is 17.1 Å². The van der Waals surface area contributed by atoms with Crippen LogP contribution in [-0.4, -0.2) is 77.7 Å². The maximum Gasteiger partial charge on any atom is 0.225 e. The van der Waals surface area contributed by atoms with Crippen LogP contribution in [0.4, 0.5) is 16.0 Å². The lowest BCUT2D eigenvalue weighted by molar-refractivity contribution is 0.0714. The standard InChI is InChI=1S/C27H32FN9O2/c1-27(2,38)8-7-18-5-6-21(20(28)16-18)35-12-9-34(10-13-35)11-14-36-24-19(17-30-36)25-31-23(22-4-3-15-39-22)33-37(25)26(29)32-24/h3-6,15-17,38H,7-14H2,1-2H3,(H2,29,32). The lowest BCUT2D eigenvalue weighted by Crippen LogP contribution is -2.47. The van der Waals surface area contributed by atoms with Gasteiger partial charge in [0.1, 0.15) is 5.82 Å². The van der Waals surface area contributed by atoms with Gasteiger partial charge in [0.05, 0.1) is 35.7 Å². The molecule has 204 valence electrons. The van der Waals surface area contributed by atoms with Crippen molar-refractivity contribution in [3.8, 4) is 11.6 Å². The number of nitrogens with two attached hydrogens (primary N) is 1. The summed E-state index contributed by atoms with van der Waals surface area (Å²) in [7, 11) is 0. The number of aliphatic hydroxyl groups is 1. The number of hydrogen-bond donors (Lipinski definition) is 2. The quantitative estimate of drug-likeness (QED) is 0.309. The lowest BCUT2D eigenvalue weighted by atomic mass is 9.98. The summed E-state index contributed by atoms with van der Waals surface area (Å²) in [6.07, 6.45) is 4.55. The Bertz CT molecular complexity index is 1600. The topological polar surface area (TPSA) is 127 Å². The molecule has 0 amide bonds. The van der Waals surface area contributed by atoms with Crippen LogP contribution >= 0.6 is 0 Å². The molecule has 0 aliphatic carbocycles. The molecule has 0 spiro atoms. The molecule has 6 rings (SSSR count). The lowest BCUT2D eigenvalue weighted by Gasteiger charge is -2.36. The number of rotatable bonds is 8. The number of anilines is 2. The fourth-order valence-corrected chi connectivity index (χ4v) is 4.99. The second-order valence-electron chi connectivity index (χ2n) is 10.7. The highest BCUT2D eigenvalue weighted by Crippen LogP contribution is 2.25. The highest BCUT2D eigenvalue weighted by atomic mass is 19.1. The van der Waals surface area contributed by atoms with E-state index >= 15 is 0 Å². The van der Waals surface area contributed by atoms with Crippen LogP contribution in [0.5, 0.6) is 0 Å². The van der Waals surface area contributed by atoms with E-state index in [1.54, 1.807) is 44.5 Å². The Morgan fingerprint density at radius 3 is 2.62 bits per heavy atom. The number of nitrogen functional groups attached to an aromatic ring is 1. The molecule has 0 bridgehead atoms. The van der Waals surface area contributed by atoms with Crippen molar-refractivity contribution in [3.05, 3.63) is 54.2 Å². The molecule has 1 fully saturated rings. The molecule has 1 aliphatic heterocycles. The van der Waals surface area contributed by atoms with Crippen LogP contribution in [0.25, 0.3) is 28.3 Å². The Morgan fingerprint density at radius 1 is 1.08 bits per heavy atom. The summed E-state index contributed by atoms with van der Waals surface area (Å²) in [4.78, 5) is 13.6. The van der Waals surface area contributed by atoms with Crippen LogP contribution in [0.15, 0.2) is 47.2 Å². The van der Waals surface area contributed by atoms with E-state index in [1.807, 2.05) is 16.8 Å². The van der Waals surface area contributed by atoms with Crippen molar-refractivity contribution in [3.63, 3.8) is 0 Å². The highest BCUT2D eigenvalue weighted by molar-refractivity contribution is 5.90. The molecule has 5 aromatic rings. The van der Waals surface area contributed by atoms with E-state index in [4.69, 9.17) is 10.2 Å². The predicted molar refractivity (Wildman–Crippen MR) is 146 cm³/mol. The molecule has 39 heavy (non-hydrogen) atoms. The zero-order chi connectivity index (χ0) is 27.1. The van der Waals surface area contributed by atoms with Crippen LogP contribution in [0, 0.1) is 5.82 Å². The molecule has 0 unspecified atom stereocenters. The van der Waals surface area contributed by atoms with Crippen LogP contribution in [0.2, 0.25) is 0 Å². The Balaban J connectivity index is 1.09. The molecule has 5 heterocycles. The largest absolute Gasteiger partial charge is 0.461 e. The summed E-state index contributed by atoms with van der Waals surface area (Å²) in [5, 5.41) is 19.7. The first kappa shape index (κ1) is 25.3. The summed E-state index contributed by atoms with van der Waals surface area (Å²) in [5.74, 6) is 1.01. The van der Waals surface area contributed by atoms with E-state index in [-0.39, 0.29) is 11.8 Å². The minimum absolute atomic E-state index is 0.210. The van der Waals surface area contributed by atoms with Crippen molar-refractivity contribution < 1.29 is 13.9 Å². The van der Waals surface area contributed by atoms with Gasteiger partial charge in [-0.05, 0) is 56.5 Å². The van der Waals surface area contributed by atoms with Crippen LogP contribution in [-0.2, 0) is 13.0 Å². The monoisotopic (exact) mass is 533 g/mol. The second-order valence-corrected chi connectivity index (χ2v) is 10.7. The smallest absolute Gasteiger partial charge is 0.225 e. The Hall–Kier alpha value is -4.03. The summed E-state index contributed by atoms with van der Waals surface area (Å²) >= 11 is 0. The number of hydrogen-bond acceptors (Lipinski definition) is 9. The molecule has 1 saturated heterocycles. The molecule has 12 heteroatoms. The molecule has 4 aromatic heterocycles. The first-order valence-electron chi connectivity index (χ1n) is 13.1. The average molecular weight is 534 g/mol. The number of fused-ring (bicyclic) bond motifs is 3. The minimum Gasteiger partial charge on any atom is -0.461 e. The molecule has 1 aromatic carbocycles. The van der Waals surface area contributed by atoms with E-state index in [0.717, 1.165) is 43.7 Å². The van der Waals surface area contributed by atoms with Crippen LogP contribution < -0.4 is 10.6 Å². The van der Waals surface area contributed by atoms with E-state index in [1.165, 1.54) is 4.52 Å². The van der Waals surface area contributed by atoms with E-state index in [9.17, 15) is 9.50 Å². The van der Waals surface area contributed by atoms with Gasteiger partial charge in [0.2, 0.25) is 11.8 Å². The molecule has 11 nitrogen and oxygen atoms in total. The highest BCUT2D eigenvalue weighted by Gasteiger charge is 2.22. The molecular weight excluding hydrogens is 501 g/mol. The fraction of sp³-hybridized carbons (Fsp3) is 0.407. The van der Waals surface area contributed by atoms with Gasteiger partial charge in [0, 0.05) is 32.7 Å². The van der Waals surface area contributed by atoms with E-state index in [0.29, 0.717) is 48.0 Å². The molecule has 0 radical (unpaired) electrons. The molecule has 1 aliphatic rings. The van der Waals surface area contributed by atoms with Gasteiger partial charge in [-0.2, -0.15) is 14.6 Å². The zero-order valence-corrected chi connectivity index (χ0v) is 22.1. The fourth-order valence-electron chi connectivity index (χ4n) is 4.99. The summed E-state index contributed by atoms with van der Waals surface area (Å²) < 4.78 is 23.7. The van der Waals surface area contributed by atoms with Gasteiger partial charge in [-0.3, -0.25) is 4.90 Å². The molecule has 0 atom stereocenters. The SMILES string of the molecule is CC(C)(O)CCc1ccc(N2CCN(CCn3ncc4c3nc(N)n3nc(-c5ccco5)nc43)CC2)c(F)c1. The van der Waals surface area contributed by atoms with Crippen molar-refractivity contribution in [1.82, 2.24) is 34.3 Å². The molecular formula is C27H32FN9O2. The number of aromatic nitrogens is 6. The van der Waals surface area contributed by atoms with Gasteiger partial charge in [-0.1, -0.05) is 6.07 Å². The maximum absolute atomic E-state index is 14.9. The van der Waals surface area contributed by atoms with Gasteiger partial charge in [-0.25, -0.2) is 14.1 Å². The van der Waals surface area contributed by atoms with Crippen molar-refractivity contribution in [2.24, 2.45) is 0 Å². The Labute approximate surface area is 224 Å². The predicted octanol–water partition coefficient (Wildman–Crippen LogP) is 2.98. The average Bonchev–Trinajstić information content (AvgIpc) is 3.66. The van der Waals surface area contributed by atoms with Crippen molar-refractivity contribution in [2.45, 2.75) is 38.8 Å². The van der Waals surface area contributed by atoms with Gasteiger partial charge in [-0.15, -0.1) is 5.10 Å². The summed E-state index contributed by atoms with van der Waals surface area (Å²) in [6.45, 7) is 8.06. The molecule has 0 saturated carbocycles. The van der Waals surface area contributed by atoms with Crippen molar-refractivity contribution in [1.29, 1.82) is 0 Å². The number of benzene rings is 1. The normalized spacial score (nSPS) is 15.1. The number of halogens is 1. The third-order valence-corrected chi connectivity index (χ3v) is 7.22. The molecule has 3 N–H and O–H groups in total. The van der Waals surface area contributed by atoms with Crippen molar-refractivity contribution >= 4 is 28.3 Å². The number of piperazine rings is 1. The van der Waals surface area contributed by atoms with Crippen LogP contribution in [0.3, 0.4) is 0 Å². The summed E-state index contributed by atoms with van der Waals surface area (Å²) in [5.41, 5.74) is 8.21. The Morgan fingerprint density at radius 2 is 1.90 bits per heavy atom. The summed E-state index contributed by atoms with van der Waals surface area (Å²) in [6, 6.07) is 8.99. The van der Waals surface area contributed by atoms with E-state index in [2.05, 4.69) is 30.0 Å². The first-order valence-corrected chi connectivity index (χ1v) is 13.1. The zero-order valence-electron chi connectivity index (χ0n) is 22.1. The third-order valence-electron chi connectivity index (χ3n) is 7.22. The number of furan rings is 1. The Kier molecular flexibility index (Phi) is 6.43. The van der Waals surface area contributed by atoms with Gasteiger partial charge < -0.3 is 20.2 Å². The third kappa shape index (κ3) is 5.17. The first-order chi connectivity index (χ1) is 18.7. The maximum atomic E-state index is 14.9. The minimum atomic E-state index is -0.761. The van der Waals surface area contributed by atoms with E-state index < -0.39 is 5.60 Å². The van der Waals surface area contributed by atoms with Gasteiger partial charge in [0.25, 0.3) is 0 Å². The number of nitrogens with zero attached hydrogens (tertiary/aromatic N) is 8. The second kappa shape index (κ2) is 9.93.